The van der Waals surface area contributed by atoms with Gasteiger partial charge in [0.05, 0.1) is 0 Å². The second-order valence-electron chi connectivity index (χ2n) is 4.69. The van der Waals surface area contributed by atoms with E-state index in [2.05, 4.69) is 13.5 Å². The van der Waals surface area contributed by atoms with Gasteiger partial charge in [-0.2, -0.15) is 0 Å². The van der Waals surface area contributed by atoms with Gasteiger partial charge in [0.1, 0.15) is 6.10 Å². The molecule has 0 aromatic heterocycles. The lowest BCUT2D eigenvalue weighted by Crippen LogP contribution is -2.33. The van der Waals surface area contributed by atoms with E-state index in [1.54, 1.807) is 0 Å². The van der Waals surface area contributed by atoms with E-state index < -0.39 is 0 Å². The van der Waals surface area contributed by atoms with Gasteiger partial charge >= 0.3 is 5.97 Å². The molecule has 2 aliphatic carbocycles. The van der Waals surface area contributed by atoms with Crippen LogP contribution in [-0.4, -0.2) is 12.1 Å². The van der Waals surface area contributed by atoms with Crippen molar-refractivity contribution in [3.63, 3.8) is 0 Å². The summed E-state index contributed by atoms with van der Waals surface area (Å²) >= 11 is 0. The second-order valence-corrected chi connectivity index (χ2v) is 4.69. The van der Waals surface area contributed by atoms with Gasteiger partial charge in [-0.05, 0) is 38.0 Å². The third kappa shape index (κ3) is 1.37. The first-order chi connectivity index (χ1) is 6.70. The van der Waals surface area contributed by atoms with Gasteiger partial charge in [0.25, 0.3) is 0 Å². The molecule has 2 aliphatic rings. The Morgan fingerprint density at radius 2 is 2.50 bits per heavy atom. The van der Waals surface area contributed by atoms with Crippen LogP contribution in [-0.2, 0) is 9.53 Å². The molecule has 3 unspecified atom stereocenters. The molecule has 0 N–H and O–H groups in total. The Hall–Kier alpha value is -0.790. The molecule has 0 saturated heterocycles. The van der Waals surface area contributed by atoms with Gasteiger partial charge in [0.15, 0.2) is 0 Å². The minimum atomic E-state index is -0.254. The lowest BCUT2D eigenvalue weighted by atomic mass is 9.79. The number of carbonyl (C=O) groups excluding carboxylic acids is 1. The van der Waals surface area contributed by atoms with Gasteiger partial charge in [-0.15, -0.1) is 0 Å². The minimum absolute atomic E-state index is 0.164. The second kappa shape index (κ2) is 3.41. The maximum Gasteiger partial charge on any atom is 0.330 e. The van der Waals surface area contributed by atoms with Crippen LogP contribution in [0.1, 0.15) is 39.0 Å². The SMILES string of the molecule is C=CC(=O)OC1CC2CCC1(CC)C2. The van der Waals surface area contributed by atoms with Crippen LogP contribution in [0.5, 0.6) is 0 Å². The maximum absolute atomic E-state index is 11.2. The predicted molar refractivity (Wildman–Crippen MR) is 54.8 cm³/mol. The molecule has 0 aromatic carbocycles. The Morgan fingerprint density at radius 3 is 3.07 bits per heavy atom. The van der Waals surface area contributed by atoms with E-state index in [-0.39, 0.29) is 12.1 Å². The van der Waals surface area contributed by atoms with Crippen LogP contribution < -0.4 is 0 Å². The van der Waals surface area contributed by atoms with E-state index in [0.29, 0.717) is 5.41 Å². The Labute approximate surface area is 85.3 Å². The molecule has 0 amide bonds. The third-order valence-electron chi connectivity index (χ3n) is 4.11. The molecule has 0 spiro atoms. The molecule has 2 nitrogen and oxygen atoms in total. The molecular formula is C12H18O2. The molecule has 3 atom stereocenters. The molecular weight excluding hydrogens is 176 g/mol. The standard InChI is InChI=1S/C12H18O2/c1-3-11(13)14-10-7-9-5-6-12(10,4-2)8-9/h3,9-10H,1,4-8H2,2H3. The first kappa shape index (κ1) is 9.75. The highest BCUT2D eigenvalue weighted by molar-refractivity contribution is 5.81. The summed E-state index contributed by atoms with van der Waals surface area (Å²) in [7, 11) is 0. The van der Waals surface area contributed by atoms with Crippen molar-refractivity contribution >= 4 is 5.97 Å². The lowest BCUT2D eigenvalue weighted by Gasteiger charge is -2.33. The van der Waals surface area contributed by atoms with E-state index >= 15 is 0 Å². The van der Waals surface area contributed by atoms with Gasteiger partial charge in [0, 0.05) is 11.5 Å². The quantitative estimate of drug-likeness (QED) is 0.510. The normalized spacial score (nSPS) is 39.8. The fourth-order valence-corrected chi connectivity index (χ4v) is 3.23. The van der Waals surface area contributed by atoms with Crippen molar-refractivity contribution in [2.24, 2.45) is 11.3 Å². The van der Waals surface area contributed by atoms with E-state index in [9.17, 15) is 4.79 Å². The number of carbonyl (C=O) groups is 1. The summed E-state index contributed by atoms with van der Waals surface area (Å²) in [6.45, 7) is 5.65. The average Bonchev–Trinajstić information content (AvgIpc) is 2.75. The molecule has 78 valence electrons. The minimum Gasteiger partial charge on any atom is -0.459 e. The summed E-state index contributed by atoms with van der Waals surface area (Å²) in [5.74, 6) is 0.549. The Balaban J connectivity index is 2.06. The highest BCUT2D eigenvalue weighted by Crippen LogP contribution is 2.57. The van der Waals surface area contributed by atoms with E-state index in [0.717, 1.165) is 18.8 Å². The fraction of sp³-hybridized carbons (Fsp3) is 0.750. The molecule has 2 bridgehead atoms. The van der Waals surface area contributed by atoms with Gasteiger partial charge in [-0.25, -0.2) is 4.79 Å². The molecule has 2 fully saturated rings. The number of esters is 1. The van der Waals surface area contributed by atoms with Crippen LogP contribution >= 0.6 is 0 Å². The van der Waals surface area contributed by atoms with Gasteiger partial charge < -0.3 is 4.74 Å². The highest BCUT2D eigenvalue weighted by Gasteiger charge is 2.52. The number of hydrogen-bond acceptors (Lipinski definition) is 2. The first-order valence-electron chi connectivity index (χ1n) is 5.53. The number of ether oxygens (including phenoxy) is 1. The van der Waals surface area contributed by atoms with Gasteiger partial charge in [-0.1, -0.05) is 13.5 Å². The first-order valence-corrected chi connectivity index (χ1v) is 5.53. The Bertz CT molecular complexity index is 259. The zero-order valence-electron chi connectivity index (χ0n) is 8.79. The topological polar surface area (TPSA) is 26.3 Å². The zero-order chi connectivity index (χ0) is 10.2. The lowest BCUT2D eigenvalue weighted by molar-refractivity contribution is -0.149. The van der Waals surface area contributed by atoms with Crippen molar-refractivity contribution in [2.75, 3.05) is 0 Å². The summed E-state index contributed by atoms with van der Waals surface area (Å²) in [5.41, 5.74) is 0.309. The van der Waals surface area contributed by atoms with E-state index in [4.69, 9.17) is 4.74 Å². The van der Waals surface area contributed by atoms with Crippen LogP contribution in [0.15, 0.2) is 12.7 Å². The zero-order valence-corrected chi connectivity index (χ0v) is 8.79. The van der Waals surface area contributed by atoms with Crippen LogP contribution in [0.4, 0.5) is 0 Å². The summed E-state index contributed by atoms with van der Waals surface area (Å²) < 4.78 is 5.43. The summed E-state index contributed by atoms with van der Waals surface area (Å²) in [4.78, 5) is 11.2. The molecule has 0 aliphatic heterocycles. The van der Waals surface area contributed by atoms with Gasteiger partial charge in [0.2, 0.25) is 0 Å². The molecule has 2 rings (SSSR count). The summed E-state index contributed by atoms with van der Waals surface area (Å²) in [6, 6.07) is 0. The largest absolute Gasteiger partial charge is 0.459 e. The van der Waals surface area contributed by atoms with Crippen LogP contribution in [0.3, 0.4) is 0 Å². The van der Waals surface area contributed by atoms with Crippen molar-refractivity contribution in [3.8, 4) is 0 Å². The summed E-state index contributed by atoms with van der Waals surface area (Å²) in [6.07, 6.45) is 7.48. The summed E-state index contributed by atoms with van der Waals surface area (Å²) in [5, 5.41) is 0. The predicted octanol–water partition coefficient (Wildman–Crippen LogP) is 2.68. The van der Waals surface area contributed by atoms with Crippen molar-refractivity contribution in [2.45, 2.75) is 45.1 Å². The van der Waals surface area contributed by atoms with E-state index in [1.165, 1.54) is 25.3 Å². The third-order valence-corrected chi connectivity index (χ3v) is 4.11. The fourth-order valence-electron chi connectivity index (χ4n) is 3.23. The molecule has 0 aromatic rings. The smallest absolute Gasteiger partial charge is 0.330 e. The molecule has 0 radical (unpaired) electrons. The van der Waals surface area contributed by atoms with Crippen molar-refractivity contribution in [1.29, 1.82) is 0 Å². The highest BCUT2D eigenvalue weighted by atomic mass is 16.5. The van der Waals surface area contributed by atoms with E-state index in [1.807, 2.05) is 0 Å². The maximum atomic E-state index is 11.2. The number of rotatable bonds is 3. The van der Waals surface area contributed by atoms with Crippen LogP contribution in [0.2, 0.25) is 0 Å². The van der Waals surface area contributed by atoms with Crippen molar-refractivity contribution in [3.05, 3.63) is 12.7 Å². The van der Waals surface area contributed by atoms with Crippen molar-refractivity contribution in [1.82, 2.24) is 0 Å². The molecule has 14 heavy (non-hydrogen) atoms. The molecule has 0 heterocycles. The monoisotopic (exact) mass is 194 g/mol. The van der Waals surface area contributed by atoms with Crippen LogP contribution in [0, 0.1) is 11.3 Å². The molecule has 2 heteroatoms. The van der Waals surface area contributed by atoms with Gasteiger partial charge in [-0.3, -0.25) is 0 Å². The Morgan fingerprint density at radius 1 is 1.71 bits per heavy atom. The average molecular weight is 194 g/mol. The Kier molecular flexibility index (Phi) is 2.38. The molecule has 2 saturated carbocycles. The number of fused-ring (bicyclic) bond motifs is 2. The number of hydrogen-bond donors (Lipinski definition) is 0. The van der Waals surface area contributed by atoms with Crippen LogP contribution in [0.25, 0.3) is 0 Å². The van der Waals surface area contributed by atoms with Crippen molar-refractivity contribution < 1.29 is 9.53 Å².